The minimum atomic E-state index is -0.501. The molecule has 7 nitrogen and oxygen atoms in total. The number of hydrogen-bond donors (Lipinski definition) is 1. The van der Waals surface area contributed by atoms with Crippen molar-refractivity contribution in [1.29, 1.82) is 0 Å². The van der Waals surface area contributed by atoms with Crippen molar-refractivity contribution in [2.45, 2.75) is 6.92 Å². The van der Waals surface area contributed by atoms with Gasteiger partial charge in [0.15, 0.2) is 11.5 Å². The highest BCUT2D eigenvalue weighted by atomic mass is 35.5. The fraction of sp³-hybridized carbons (Fsp3) is 0.188. The molecule has 0 saturated heterocycles. The van der Waals surface area contributed by atoms with Crippen molar-refractivity contribution >= 4 is 29.2 Å². The minimum Gasteiger partial charge on any atom is -0.493 e. The molecule has 0 aliphatic rings. The van der Waals surface area contributed by atoms with Gasteiger partial charge in [-0.2, -0.15) is 5.10 Å². The lowest BCUT2D eigenvalue weighted by molar-refractivity contribution is -0.385. The maximum Gasteiger partial charge on any atom is 0.282 e. The molecule has 0 aliphatic carbocycles. The number of methoxy groups -OCH3 is 1. The molecule has 0 spiro atoms. The van der Waals surface area contributed by atoms with Crippen molar-refractivity contribution in [3.05, 3.63) is 57.1 Å². The van der Waals surface area contributed by atoms with E-state index in [4.69, 9.17) is 21.1 Å². The van der Waals surface area contributed by atoms with E-state index >= 15 is 0 Å². The first kappa shape index (κ1) is 17.6. The highest BCUT2D eigenvalue weighted by Gasteiger charge is 2.18. The van der Waals surface area contributed by atoms with Gasteiger partial charge in [-0.15, -0.1) is 0 Å². The van der Waals surface area contributed by atoms with Gasteiger partial charge in [-0.05, 0) is 31.2 Å². The number of nitro benzene ring substituents is 1. The van der Waals surface area contributed by atoms with Crippen molar-refractivity contribution in [3.63, 3.8) is 0 Å². The van der Waals surface area contributed by atoms with Gasteiger partial charge in [-0.25, -0.2) is 0 Å². The van der Waals surface area contributed by atoms with Gasteiger partial charge >= 0.3 is 0 Å². The molecule has 126 valence electrons. The van der Waals surface area contributed by atoms with Crippen LogP contribution in [0.2, 0.25) is 5.02 Å². The topological polar surface area (TPSA) is 86.0 Å². The molecule has 2 rings (SSSR count). The summed E-state index contributed by atoms with van der Waals surface area (Å²) in [7, 11) is 1.43. The summed E-state index contributed by atoms with van der Waals surface area (Å²) in [6.07, 6.45) is 1.35. The number of ether oxygens (including phenoxy) is 2. The first-order valence-electron chi connectivity index (χ1n) is 7.09. The smallest absolute Gasteiger partial charge is 0.282 e. The molecule has 0 bridgehead atoms. The average molecular weight is 350 g/mol. The fourth-order valence-corrected chi connectivity index (χ4v) is 2.18. The predicted octanol–water partition coefficient (Wildman–Crippen LogP) is 4.10. The van der Waals surface area contributed by atoms with Gasteiger partial charge in [0.05, 0.1) is 42.2 Å². The van der Waals surface area contributed by atoms with Crippen LogP contribution < -0.4 is 14.9 Å². The van der Waals surface area contributed by atoms with Crippen LogP contribution in [0.4, 0.5) is 11.4 Å². The van der Waals surface area contributed by atoms with Crippen LogP contribution >= 0.6 is 11.6 Å². The Bertz CT molecular complexity index is 765. The molecular formula is C16H16ClN3O4. The van der Waals surface area contributed by atoms with Crippen LogP contribution in [-0.4, -0.2) is 24.9 Å². The van der Waals surface area contributed by atoms with Crippen LogP contribution in [0.1, 0.15) is 12.5 Å². The van der Waals surface area contributed by atoms with Crippen LogP contribution in [0.15, 0.2) is 41.5 Å². The van der Waals surface area contributed by atoms with Crippen molar-refractivity contribution < 1.29 is 14.4 Å². The number of benzene rings is 2. The Morgan fingerprint density at radius 3 is 2.75 bits per heavy atom. The molecule has 0 heterocycles. The highest BCUT2D eigenvalue weighted by molar-refractivity contribution is 6.30. The van der Waals surface area contributed by atoms with E-state index in [9.17, 15) is 10.1 Å². The summed E-state index contributed by atoms with van der Waals surface area (Å²) < 4.78 is 10.6. The lowest BCUT2D eigenvalue weighted by Crippen LogP contribution is -2.01. The SMILES string of the molecule is CCOc1cc(C=NNc2cccc(Cl)c2)c([N+](=O)[O-])cc1OC. The predicted molar refractivity (Wildman–Crippen MR) is 93.5 cm³/mol. The third-order valence-electron chi connectivity index (χ3n) is 3.03. The maximum absolute atomic E-state index is 11.2. The quantitative estimate of drug-likeness (QED) is 0.462. The first-order chi connectivity index (χ1) is 11.5. The Kier molecular flexibility index (Phi) is 5.97. The van der Waals surface area contributed by atoms with E-state index in [-0.39, 0.29) is 5.69 Å². The molecule has 0 aromatic heterocycles. The zero-order valence-corrected chi connectivity index (χ0v) is 13.9. The molecule has 1 N–H and O–H groups in total. The van der Waals surface area contributed by atoms with Crippen LogP contribution in [0.25, 0.3) is 0 Å². The van der Waals surface area contributed by atoms with Crippen LogP contribution in [0.3, 0.4) is 0 Å². The molecule has 0 aliphatic heterocycles. The molecule has 0 radical (unpaired) electrons. The average Bonchev–Trinajstić information content (AvgIpc) is 2.55. The Morgan fingerprint density at radius 1 is 1.33 bits per heavy atom. The second-order valence-corrected chi connectivity index (χ2v) is 5.07. The molecule has 0 atom stereocenters. The Morgan fingerprint density at radius 2 is 2.12 bits per heavy atom. The van der Waals surface area contributed by atoms with E-state index in [2.05, 4.69) is 10.5 Å². The van der Waals surface area contributed by atoms with Gasteiger partial charge < -0.3 is 9.47 Å². The molecule has 0 saturated carbocycles. The number of nitrogens with zero attached hydrogens (tertiary/aromatic N) is 2. The standard InChI is InChI=1S/C16H16ClN3O4/c1-3-24-16-7-11(14(20(21)22)9-15(16)23-2)10-18-19-13-6-4-5-12(17)8-13/h4-10,19H,3H2,1-2H3. The summed E-state index contributed by atoms with van der Waals surface area (Å²) in [5.74, 6) is 0.707. The van der Waals surface area contributed by atoms with Crippen LogP contribution in [0, 0.1) is 10.1 Å². The van der Waals surface area contributed by atoms with Crippen molar-refractivity contribution in [1.82, 2.24) is 0 Å². The molecule has 2 aromatic carbocycles. The van der Waals surface area contributed by atoms with Crippen molar-refractivity contribution in [3.8, 4) is 11.5 Å². The molecule has 8 heteroatoms. The Labute approximate surface area is 144 Å². The van der Waals surface area contributed by atoms with Gasteiger partial charge in [-0.3, -0.25) is 15.5 Å². The van der Waals surface area contributed by atoms with Gasteiger partial charge in [0, 0.05) is 5.02 Å². The van der Waals surface area contributed by atoms with Gasteiger partial charge in [-0.1, -0.05) is 17.7 Å². The van der Waals surface area contributed by atoms with Crippen molar-refractivity contribution in [2.24, 2.45) is 5.10 Å². The number of nitro groups is 1. The molecule has 0 unspecified atom stereocenters. The Hall–Kier alpha value is -2.80. The van der Waals surface area contributed by atoms with Gasteiger partial charge in [0.25, 0.3) is 5.69 Å². The summed E-state index contributed by atoms with van der Waals surface area (Å²) in [6, 6.07) is 9.79. The summed E-state index contributed by atoms with van der Waals surface area (Å²) in [5, 5.41) is 15.8. The van der Waals surface area contributed by atoms with E-state index < -0.39 is 4.92 Å². The summed E-state index contributed by atoms with van der Waals surface area (Å²) in [4.78, 5) is 10.7. The van der Waals surface area contributed by atoms with E-state index in [1.54, 1.807) is 24.3 Å². The number of hydrazone groups is 1. The molecule has 0 amide bonds. The van der Waals surface area contributed by atoms with E-state index in [0.29, 0.717) is 34.4 Å². The zero-order chi connectivity index (χ0) is 17.5. The zero-order valence-electron chi connectivity index (χ0n) is 13.2. The number of rotatable bonds is 7. The lowest BCUT2D eigenvalue weighted by atomic mass is 10.1. The first-order valence-corrected chi connectivity index (χ1v) is 7.46. The number of hydrogen-bond acceptors (Lipinski definition) is 6. The monoisotopic (exact) mass is 349 g/mol. The fourth-order valence-electron chi connectivity index (χ4n) is 1.99. The summed E-state index contributed by atoms with van der Waals surface area (Å²) >= 11 is 5.88. The molecular weight excluding hydrogens is 334 g/mol. The van der Waals surface area contributed by atoms with Gasteiger partial charge in [0.2, 0.25) is 0 Å². The third kappa shape index (κ3) is 4.36. The second kappa shape index (κ2) is 8.16. The maximum atomic E-state index is 11.2. The van der Waals surface area contributed by atoms with E-state index in [0.717, 1.165) is 0 Å². The number of nitrogens with one attached hydrogen (secondary N) is 1. The summed E-state index contributed by atoms with van der Waals surface area (Å²) in [6.45, 7) is 2.22. The van der Waals surface area contributed by atoms with Crippen LogP contribution in [-0.2, 0) is 0 Å². The van der Waals surface area contributed by atoms with E-state index in [1.807, 2.05) is 6.92 Å². The molecule has 24 heavy (non-hydrogen) atoms. The number of halogens is 1. The number of anilines is 1. The molecule has 2 aromatic rings. The normalized spacial score (nSPS) is 10.6. The molecule has 0 fully saturated rings. The van der Waals surface area contributed by atoms with E-state index in [1.165, 1.54) is 25.5 Å². The minimum absolute atomic E-state index is 0.132. The lowest BCUT2D eigenvalue weighted by Gasteiger charge is -2.10. The van der Waals surface area contributed by atoms with Crippen molar-refractivity contribution in [2.75, 3.05) is 19.1 Å². The Balaban J connectivity index is 2.31. The van der Waals surface area contributed by atoms with Crippen LogP contribution in [0.5, 0.6) is 11.5 Å². The second-order valence-electron chi connectivity index (χ2n) is 4.63. The highest BCUT2D eigenvalue weighted by Crippen LogP contribution is 2.34. The van der Waals surface area contributed by atoms with Gasteiger partial charge in [0.1, 0.15) is 0 Å². The largest absolute Gasteiger partial charge is 0.493 e. The third-order valence-corrected chi connectivity index (χ3v) is 3.27. The summed E-state index contributed by atoms with van der Waals surface area (Å²) in [5.41, 5.74) is 3.60.